The van der Waals surface area contributed by atoms with Gasteiger partial charge < -0.3 is 0 Å². The number of aromatic nitrogens is 2. The van der Waals surface area contributed by atoms with Gasteiger partial charge in [-0.1, -0.05) is 78.9 Å². The molecule has 5 aromatic carbocycles. The van der Waals surface area contributed by atoms with Gasteiger partial charge >= 0.3 is 0 Å². The Labute approximate surface area is 207 Å². The van der Waals surface area contributed by atoms with E-state index in [2.05, 4.69) is 100.0 Å². The minimum Gasteiger partial charge on any atom is -0.218 e. The summed E-state index contributed by atoms with van der Waals surface area (Å²) in [5.74, 6) is 0. The van der Waals surface area contributed by atoms with Crippen LogP contribution in [0.3, 0.4) is 0 Å². The Morgan fingerprint density at radius 3 is 2.14 bits per heavy atom. The van der Waals surface area contributed by atoms with E-state index in [1.165, 1.54) is 88.4 Å². The van der Waals surface area contributed by atoms with Crippen molar-refractivity contribution >= 4 is 38.4 Å². The number of nitrogens with zero attached hydrogens (tertiary/aromatic N) is 2. The van der Waals surface area contributed by atoms with Crippen LogP contribution in [0, 0.1) is 0 Å². The van der Waals surface area contributed by atoms with Gasteiger partial charge in [-0.15, -0.1) is 0 Å². The van der Waals surface area contributed by atoms with Gasteiger partial charge in [0.1, 0.15) is 12.1 Å². The molecule has 10 rings (SSSR count). The van der Waals surface area contributed by atoms with Crippen molar-refractivity contribution in [2.24, 2.45) is 0 Å². The van der Waals surface area contributed by atoms with Crippen LogP contribution in [-0.4, -0.2) is 4.40 Å². The monoisotopic (exact) mass is 457 g/mol. The van der Waals surface area contributed by atoms with Gasteiger partial charge in [0.25, 0.3) is 5.65 Å². The Kier molecular flexibility index (Phi) is 2.92. The highest BCUT2D eigenvalue weighted by atomic mass is 15.1. The summed E-state index contributed by atoms with van der Waals surface area (Å²) in [6, 6.07) is 34.1. The molecule has 166 valence electrons. The quantitative estimate of drug-likeness (QED) is 0.168. The van der Waals surface area contributed by atoms with Gasteiger partial charge in [-0.05, 0) is 57.5 Å². The molecule has 2 heteroatoms. The van der Waals surface area contributed by atoms with Crippen molar-refractivity contribution in [3.05, 3.63) is 119 Å². The molecular weight excluding hydrogens is 436 g/mol. The average molecular weight is 458 g/mol. The van der Waals surface area contributed by atoms with E-state index in [4.69, 9.17) is 0 Å². The molecule has 0 fully saturated rings. The average Bonchev–Trinajstić information content (AvgIpc) is 3.66. The van der Waals surface area contributed by atoms with Gasteiger partial charge in [-0.3, -0.25) is 0 Å². The van der Waals surface area contributed by atoms with Crippen LogP contribution in [0.1, 0.15) is 27.8 Å². The van der Waals surface area contributed by atoms with E-state index in [0.29, 0.717) is 0 Å². The Bertz CT molecular complexity index is 2180. The maximum atomic E-state index is 2.62. The molecule has 0 saturated carbocycles. The maximum Gasteiger partial charge on any atom is 0.296 e. The number of pyridine rings is 1. The van der Waals surface area contributed by atoms with Crippen molar-refractivity contribution in [1.29, 1.82) is 0 Å². The van der Waals surface area contributed by atoms with Gasteiger partial charge in [0.2, 0.25) is 0 Å². The minimum atomic E-state index is 0.946. The normalized spacial score (nSPS) is 14.3. The van der Waals surface area contributed by atoms with Crippen LogP contribution in [0.15, 0.2) is 91.0 Å². The summed E-state index contributed by atoms with van der Waals surface area (Å²) in [7, 11) is 0. The first kappa shape index (κ1) is 17.9. The smallest absolute Gasteiger partial charge is 0.218 e. The second-order valence-corrected chi connectivity index (χ2v) is 10.7. The van der Waals surface area contributed by atoms with Crippen molar-refractivity contribution < 1.29 is 4.57 Å². The molecule has 0 amide bonds. The van der Waals surface area contributed by atoms with Crippen LogP contribution in [-0.2, 0) is 19.4 Å². The zero-order valence-electron chi connectivity index (χ0n) is 19.7. The molecule has 0 radical (unpaired) electrons. The van der Waals surface area contributed by atoms with E-state index in [9.17, 15) is 0 Å². The molecule has 2 aliphatic carbocycles. The SMILES string of the molecule is c1ccc2c(c1)Cc1c-2c2c(c3c4cccc5c4c4n(c6ccccc6[n+]4C5)c13)-c1ccccc1C2. The Morgan fingerprint density at radius 1 is 0.583 bits per heavy atom. The first-order valence-electron chi connectivity index (χ1n) is 12.9. The zero-order chi connectivity index (χ0) is 23.1. The lowest BCUT2D eigenvalue weighted by atomic mass is 9.88. The van der Waals surface area contributed by atoms with Crippen LogP contribution in [0.4, 0.5) is 0 Å². The fraction of sp³-hybridized carbons (Fsp3) is 0.0882. The third kappa shape index (κ3) is 1.84. The molecule has 7 aromatic rings. The molecule has 0 unspecified atom stereocenters. The molecule has 36 heavy (non-hydrogen) atoms. The lowest BCUT2D eigenvalue weighted by Crippen LogP contribution is -2.30. The first-order chi connectivity index (χ1) is 17.9. The van der Waals surface area contributed by atoms with Crippen LogP contribution in [0.25, 0.3) is 60.6 Å². The van der Waals surface area contributed by atoms with Gasteiger partial charge in [-0.2, -0.15) is 4.40 Å². The predicted octanol–water partition coefficient (Wildman–Crippen LogP) is 7.19. The highest BCUT2D eigenvalue weighted by Gasteiger charge is 2.38. The molecule has 0 N–H and O–H groups in total. The molecule has 2 nitrogen and oxygen atoms in total. The Morgan fingerprint density at radius 2 is 1.28 bits per heavy atom. The van der Waals surface area contributed by atoms with E-state index in [1.54, 1.807) is 0 Å². The molecule has 0 atom stereocenters. The fourth-order valence-corrected chi connectivity index (χ4v) is 7.78. The molecule has 1 aliphatic heterocycles. The second-order valence-electron chi connectivity index (χ2n) is 10.7. The summed E-state index contributed by atoms with van der Waals surface area (Å²) in [5.41, 5.74) is 18.6. The Balaban J connectivity index is 1.58. The van der Waals surface area contributed by atoms with Crippen molar-refractivity contribution in [1.82, 2.24) is 4.40 Å². The number of imidazole rings is 1. The van der Waals surface area contributed by atoms with Crippen molar-refractivity contribution in [3.63, 3.8) is 0 Å². The van der Waals surface area contributed by atoms with Gasteiger partial charge in [0.15, 0.2) is 11.0 Å². The summed E-state index contributed by atoms with van der Waals surface area (Å²) in [4.78, 5) is 0. The van der Waals surface area contributed by atoms with Crippen LogP contribution >= 0.6 is 0 Å². The van der Waals surface area contributed by atoms with Gasteiger partial charge in [0, 0.05) is 28.3 Å². The molecule has 0 saturated heterocycles. The van der Waals surface area contributed by atoms with Crippen LogP contribution in [0.2, 0.25) is 0 Å². The largest absolute Gasteiger partial charge is 0.296 e. The molecule has 0 spiro atoms. The maximum absolute atomic E-state index is 2.62. The predicted molar refractivity (Wildman–Crippen MR) is 146 cm³/mol. The standard InChI is InChI=1S/C34H21N2/c1-3-11-22-20(9-1)17-26-30(22)25-16-19-8-2-4-12-23(19)31(25)32-24-13-7-10-21-18-35-27-14-5-6-15-28(27)36(33(26)32)34(35)29(21)24/h1-15H,16-18H2/q+1. The highest BCUT2D eigenvalue weighted by Crippen LogP contribution is 2.54. The summed E-state index contributed by atoms with van der Waals surface area (Å²) in [5, 5.41) is 4.29. The van der Waals surface area contributed by atoms with E-state index in [-0.39, 0.29) is 0 Å². The minimum absolute atomic E-state index is 0.946. The Hall–Kier alpha value is -4.43. The van der Waals surface area contributed by atoms with E-state index in [1.807, 2.05) is 0 Å². The number of fused-ring (bicyclic) bond motifs is 15. The van der Waals surface area contributed by atoms with Crippen molar-refractivity contribution in [3.8, 4) is 22.3 Å². The third-order valence-corrected chi connectivity index (χ3v) is 9.06. The number of rotatable bonds is 0. The number of hydrogen-bond donors (Lipinski definition) is 0. The lowest BCUT2D eigenvalue weighted by molar-refractivity contribution is -0.631. The lowest BCUT2D eigenvalue weighted by Gasteiger charge is -2.16. The highest BCUT2D eigenvalue weighted by molar-refractivity contribution is 6.23. The molecule has 3 heterocycles. The molecule has 3 aliphatic rings. The van der Waals surface area contributed by atoms with Gasteiger partial charge in [-0.25, -0.2) is 4.57 Å². The van der Waals surface area contributed by atoms with E-state index < -0.39 is 0 Å². The van der Waals surface area contributed by atoms with Crippen LogP contribution in [0.5, 0.6) is 0 Å². The van der Waals surface area contributed by atoms with E-state index in [0.717, 1.165) is 19.4 Å². The summed E-state index contributed by atoms with van der Waals surface area (Å²) in [6.07, 6.45) is 2.02. The van der Waals surface area contributed by atoms with Gasteiger partial charge in [0.05, 0.1) is 5.39 Å². The first-order valence-corrected chi connectivity index (χ1v) is 12.9. The number of hydrogen-bond acceptors (Lipinski definition) is 0. The zero-order valence-corrected chi connectivity index (χ0v) is 19.7. The summed E-state index contributed by atoms with van der Waals surface area (Å²) < 4.78 is 5.16. The fourth-order valence-electron chi connectivity index (χ4n) is 7.78. The topological polar surface area (TPSA) is 8.29 Å². The van der Waals surface area contributed by atoms with Crippen LogP contribution < -0.4 is 4.57 Å². The second kappa shape index (κ2) is 5.85. The third-order valence-electron chi connectivity index (χ3n) is 9.06. The summed E-state index contributed by atoms with van der Waals surface area (Å²) >= 11 is 0. The molecule has 2 aromatic heterocycles. The molecule has 0 bridgehead atoms. The van der Waals surface area contributed by atoms with Crippen molar-refractivity contribution in [2.75, 3.05) is 0 Å². The summed E-state index contributed by atoms with van der Waals surface area (Å²) in [6.45, 7) is 0.946. The molecular formula is C34H21N2+. The number of benzene rings is 5. The number of para-hydroxylation sites is 2. The van der Waals surface area contributed by atoms with E-state index >= 15 is 0 Å². The van der Waals surface area contributed by atoms with Crippen molar-refractivity contribution in [2.45, 2.75) is 19.4 Å².